The zero-order valence-electron chi connectivity index (χ0n) is 11.7. The van der Waals surface area contributed by atoms with Gasteiger partial charge in [-0.25, -0.2) is 0 Å². The largest absolute Gasteiger partial charge is 0.457 e. The lowest BCUT2D eigenvalue weighted by atomic mass is 10.1. The molecule has 4 heteroatoms. The summed E-state index contributed by atoms with van der Waals surface area (Å²) < 4.78 is 6.93. The fourth-order valence-corrected chi connectivity index (χ4v) is 2.74. The van der Waals surface area contributed by atoms with Crippen LogP contribution in [0.2, 0.25) is 5.02 Å². The molecule has 0 heterocycles. The third kappa shape index (κ3) is 3.54. The average molecular weight is 355 g/mol. The second kappa shape index (κ2) is 6.61. The van der Waals surface area contributed by atoms with Crippen molar-refractivity contribution in [3.05, 3.63) is 57.0 Å². The molecule has 0 aliphatic rings. The predicted molar refractivity (Wildman–Crippen MR) is 87.9 cm³/mol. The SMILES string of the molecule is CNC(C)c1ccc(Oc2ccc(Br)cc2C)cc1Cl. The molecule has 2 nitrogen and oxygen atoms in total. The summed E-state index contributed by atoms with van der Waals surface area (Å²) in [6.45, 7) is 4.08. The molecule has 0 spiro atoms. The Morgan fingerprint density at radius 3 is 2.55 bits per heavy atom. The van der Waals surface area contributed by atoms with Gasteiger partial charge in [-0.15, -0.1) is 0 Å². The first kappa shape index (κ1) is 15.4. The van der Waals surface area contributed by atoms with Crippen molar-refractivity contribution in [3.8, 4) is 11.5 Å². The van der Waals surface area contributed by atoms with Gasteiger partial charge in [0.25, 0.3) is 0 Å². The smallest absolute Gasteiger partial charge is 0.130 e. The van der Waals surface area contributed by atoms with Crippen molar-refractivity contribution in [1.82, 2.24) is 5.32 Å². The number of hydrogen-bond acceptors (Lipinski definition) is 2. The molecule has 1 atom stereocenters. The Balaban J connectivity index is 2.24. The van der Waals surface area contributed by atoms with Gasteiger partial charge in [-0.3, -0.25) is 0 Å². The molecule has 0 radical (unpaired) electrons. The van der Waals surface area contributed by atoms with Crippen LogP contribution in [-0.2, 0) is 0 Å². The van der Waals surface area contributed by atoms with E-state index in [1.54, 1.807) is 0 Å². The molecule has 1 N–H and O–H groups in total. The summed E-state index contributed by atoms with van der Waals surface area (Å²) in [6, 6.07) is 11.9. The molecule has 0 aromatic heterocycles. The van der Waals surface area contributed by atoms with Crippen LogP contribution in [0.5, 0.6) is 11.5 Å². The maximum absolute atomic E-state index is 6.31. The van der Waals surface area contributed by atoms with E-state index in [1.807, 2.05) is 50.4 Å². The zero-order chi connectivity index (χ0) is 14.7. The van der Waals surface area contributed by atoms with Gasteiger partial charge in [0.15, 0.2) is 0 Å². The molecule has 1 unspecified atom stereocenters. The van der Waals surface area contributed by atoms with E-state index in [0.717, 1.165) is 27.1 Å². The third-order valence-corrected chi connectivity index (χ3v) is 4.06. The third-order valence-electron chi connectivity index (χ3n) is 3.24. The summed E-state index contributed by atoms with van der Waals surface area (Å²) in [5.41, 5.74) is 2.14. The molecule has 20 heavy (non-hydrogen) atoms. The van der Waals surface area contributed by atoms with Gasteiger partial charge in [0, 0.05) is 15.5 Å². The topological polar surface area (TPSA) is 21.3 Å². The van der Waals surface area contributed by atoms with Crippen molar-refractivity contribution >= 4 is 27.5 Å². The van der Waals surface area contributed by atoms with Gasteiger partial charge < -0.3 is 10.1 Å². The highest BCUT2D eigenvalue weighted by atomic mass is 79.9. The monoisotopic (exact) mass is 353 g/mol. The molecule has 106 valence electrons. The molecular formula is C16H17BrClNO. The van der Waals surface area contributed by atoms with Crippen LogP contribution in [0.25, 0.3) is 0 Å². The number of rotatable bonds is 4. The first-order valence-corrected chi connectivity index (χ1v) is 7.59. The average Bonchev–Trinajstić information content (AvgIpc) is 2.41. The molecule has 2 rings (SSSR count). The number of benzene rings is 2. The summed E-state index contributed by atoms with van der Waals surface area (Å²) in [4.78, 5) is 0. The molecule has 2 aromatic carbocycles. The maximum Gasteiger partial charge on any atom is 0.130 e. The van der Waals surface area contributed by atoms with Crippen molar-refractivity contribution in [1.29, 1.82) is 0 Å². The number of hydrogen-bond donors (Lipinski definition) is 1. The van der Waals surface area contributed by atoms with Gasteiger partial charge in [-0.2, -0.15) is 0 Å². The lowest BCUT2D eigenvalue weighted by Gasteiger charge is -2.14. The van der Waals surface area contributed by atoms with E-state index < -0.39 is 0 Å². The van der Waals surface area contributed by atoms with Crippen LogP contribution in [0.1, 0.15) is 24.1 Å². The van der Waals surface area contributed by atoms with Crippen molar-refractivity contribution < 1.29 is 4.74 Å². The van der Waals surface area contributed by atoms with Crippen molar-refractivity contribution in [2.75, 3.05) is 7.05 Å². The van der Waals surface area contributed by atoms with Crippen molar-refractivity contribution in [3.63, 3.8) is 0 Å². The fourth-order valence-electron chi connectivity index (χ4n) is 1.93. The van der Waals surface area contributed by atoms with Crippen LogP contribution in [0.3, 0.4) is 0 Å². The Labute approximate surface area is 133 Å². The van der Waals surface area contributed by atoms with Crippen LogP contribution in [0.15, 0.2) is 40.9 Å². The highest BCUT2D eigenvalue weighted by Gasteiger charge is 2.09. The van der Waals surface area contributed by atoms with Crippen molar-refractivity contribution in [2.24, 2.45) is 0 Å². The van der Waals surface area contributed by atoms with Crippen LogP contribution >= 0.6 is 27.5 Å². The molecule has 0 amide bonds. The van der Waals surface area contributed by atoms with Crippen LogP contribution in [0, 0.1) is 6.92 Å². The summed E-state index contributed by atoms with van der Waals surface area (Å²) in [5, 5.41) is 3.88. The van der Waals surface area contributed by atoms with E-state index in [4.69, 9.17) is 16.3 Å². The number of ether oxygens (including phenoxy) is 1. The van der Waals surface area contributed by atoms with Gasteiger partial charge in [0.05, 0.1) is 0 Å². The summed E-state index contributed by atoms with van der Waals surface area (Å²) in [7, 11) is 1.91. The lowest BCUT2D eigenvalue weighted by molar-refractivity contribution is 0.478. The Bertz CT molecular complexity index is 615. The lowest BCUT2D eigenvalue weighted by Crippen LogP contribution is -2.12. The van der Waals surface area contributed by atoms with E-state index in [9.17, 15) is 0 Å². The molecule has 0 bridgehead atoms. The Morgan fingerprint density at radius 2 is 1.95 bits per heavy atom. The summed E-state index contributed by atoms with van der Waals surface area (Å²) >= 11 is 9.75. The minimum atomic E-state index is 0.214. The summed E-state index contributed by atoms with van der Waals surface area (Å²) in [6.07, 6.45) is 0. The molecule has 0 fully saturated rings. The van der Waals surface area contributed by atoms with Gasteiger partial charge in [-0.1, -0.05) is 33.6 Å². The van der Waals surface area contributed by atoms with E-state index in [-0.39, 0.29) is 6.04 Å². The molecule has 0 aliphatic carbocycles. The molecule has 0 saturated carbocycles. The Morgan fingerprint density at radius 1 is 1.20 bits per heavy atom. The van der Waals surface area contributed by atoms with Gasteiger partial charge in [-0.05, 0) is 62.4 Å². The second-order valence-corrected chi connectivity index (χ2v) is 6.03. The number of nitrogens with one attached hydrogen (secondary N) is 1. The predicted octanol–water partition coefficient (Wildman–Crippen LogP) is 5.48. The number of aryl methyl sites for hydroxylation is 1. The minimum absolute atomic E-state index is 0.214. The molecule has 0 aliphatic heterocycles. The minimum Gasteiger partial charge on any atom is -0.457 e. The first-order chi connectivity index (χ1) is 9.51. The van der Waals surface area contributed by atoms with Crippen LogP contribution < -0.4 is 10.1 Å². The van der Waals surface area contributed by atoms with E-state index in [0.29, 0.717) is 5.02 Å². The summed E-state index contributed by atoms with van der Waals surface area (Å²) in [5.74, 6) is 1.58. The molecular weight excluding hydrogens is 338 g/mol. The quantitative estimate of drug-likeness (QED) is 0.784. The fraction of sp³-hybridized carbons (Fsp3) is 0.250. The zero-order valence-corrected chi connectivity index (χ0v) is 14.0. The first-order valence-electron chi connectivity index (χ1n) is 6.42. The highest BCUT2D eigenvalue weighted by Crippen LogP contribution is 2.31. The number of halogens is 2. The van der Waals surface area contributed by atoms with Gasteiger partial charge in [0.1, 0.15) is 11.5 Å². The van der Waals surface area contributed by atoms with Gasteiger partial charge in [0.2, 0.25) is 0 Å². The molecule has 2 aromatic rings. The second-order valence-electron chi connectivity index (χ2n) is 4.71. The molecule has 0 saturated heterocycles. The van der Waals surface area contributed by atoms with E-state index in [1.165, 1.54) is 0 Å². The van der Waals surface area contributed by atoms with Gasteiger partial charge >= 0.3 is 0 Å². The van der Waals surface area contributed by atoms with Crippen LogP contribution in [-0.4, -0.2) is 7.05 Å². The van der Waals surface area contributed by atoms with Crippen LogP contribution in [0.4, 0.5) is 0 Å². The maximum atomic E-state index is 6.31. The Hall–Kier alpha value is -1.03. The standard InChI is InChI=1S/C16H17BrClNO/c1-10-8-12(17)4-7-16(10)20-13-5-6-14(11(2)19-3)15(18)9-13/h4-9,11,19H,1-3H3. The normalized spacial score (nSPS) is 12.2. The van der Waals surface area contributed by atoms with E-state index in [2.05, 4.69) is 28.2 Å². The van der Waals surface area contributed by atoms with E-state index >= 15 is 0 Å². The highest BCUT2D eigenvalue weighted by molar-refractivity contribution is 9.10. The Kier molecular flexibility index (Phi) is 5.08. The van der Waals surface area contributed by atoms with Crippen molar-refractivity contribution in [2.45, 2.75) is 19.9 Å².